The molecule has 0 aliphatic heterocycles. The van der Waals surface area contributed by atoms with Gasteiger partial charge in [0.05, 0.1) is 19.0 Å². The van der Waals surface area contributed by atoms with Crippen LogP contribution in [0.3, 0.4) is 0 Å². The normalized spacial score (nSPS) is 11.4. The number of nitrogens with one attached hydrogen (secondary N) is 1. The van der Waals surface area contributed by atoms with Gasteiger partial charge < -0.3 is 5.32 Å². The highest BCUT2D eigenvalue weighted by Gasteiger charge is 2.10. The molecule has 0 aliphatic rings. The molecule has 33 heavy (non-hydrogen) atoms. The zero-order chi connectivity index (χ0) is 24.9. The second-order valence-corrected chi connectivity index (χ2v) is 11.1. The summed E-state index contributed by atoms with van der Waals surface area (Å²) in [6.45, 7) is 2.40. The molecule has 0 aromatic carbocycles. The summed E-state index contributed by atoms with van der Waals surface area (Å²) in [4.78, 5) is 0. The molecular weight excluding hydrogens is 437 g/mol. The Kier molecular flexibility index (Phi) is 31.6. The zero-order valence-electron chi connectivity index (χ0n) is 22.5. The van der Waals surface area contributed by atoms with Crippen molar-refractivity contribution in [1.82, 2.24) is 5.32 Å². The van der Waals surface area contributed by atoms with Crippen molar-refractivity contribution >= 4 is 10.1 Å². The number of unbranched alkanes of at least 4 members (excludes halogenated alkanes) is 19. The smallest absolute Gasteiger partial charge is 0.267 e. The molecule has 0 atom stereocenters. The Morgan fingerprint density at radius 2 is 0.909 bits per heavy atom. The topological polar surface area (TPSA) is 55.4 Å². The van der Waals surface area contributed by atoms with Crippen molar-refractivity contribution in [2.75, 3.05) is 33.1 Å². The summed E-state index contributed by atoms with van der Waals surface area (Å²) >= 11 is 0. The first kappa shape index (κ1) is 35.0. The van der Waals surface area contributed by atoms with Crippen LogP contribution in [0.1, 0.15) is 142 Å². The highest BCUT2D eigenvalue weighted by atomic mass is 32.2. The first-order valence-electron chi connectivity index (χ1n) is 14.1. The third kappa shape index (κ3) is 34.0. The molecule has 202 valence electrons. The molecule has 0 fully saturated rings. The average molecular weight is 496 g/mol. The Hall–Kier alpha value is -0.200. The zero-order valence-corrected chi connectivity index (χ0v) is 23.3. The molecule has 6 heteroatoms. The van der Waals surface area contributed by atoms with Gasteiger partial charge in [-0.3, -0.25) is 8.57 Å². The van der Waals surface area contributed by atoms with E-state index >= 15 is 0 Å². The SMILES string of the molecule is CCCCCCCCCCCCCCOS(=O)(=O)CCCCCCCCCCCF.CNC. The van der Waals surface area contributed by atoms with Gasteiger partial charge in [-0.1, -0.05) is 122 Å². The molecule has 4 nitrogen and oxygen atoms in total. The molecule has 0 aromatic heterocycles. The maximum atomic E-state index is 12.0. The van der Waals surface area contributed by atoms with Gasteiger partial charge >= 0.3 is 0 Å². The number of hydrogen-bond donors (Lipinski definition) is 1. The highest BCUT2D eigenvalue weighted by molar-refractivity contribution is 7.86. The minimum absolute atomic E-state index is 0.155. The summed E-state index contributed by atoms with van der Waals surface area (Å²) < 4.78 is 40.9. The highest BCUT2D eigenvalue weighted by Crippen LogP contribution is 2.13. The van der Waals surface area contributed by atoms with Crippen molar-refractivity contribution in [3.63, 3.8) is 0 Å². The minimum Gasteiger partial charge on any atom is -0.323 e. The third-order valence-corrected chi connectivity index (χ3v) is 7.10. The monoisotopic (exact) mass is 495 g/mol. The summed E-state index contributed by atoms with van der Waals surface area (Å²) in [5, 5.41) is 2.75. The van der Waals surface area contributed by atoms with Gasteiger partial charge in [-0.25, -0.2) is 0 Å². The summed E-state index contributed by atoms with van der Waals surface area (Å²) in [7, 11) is 0.411. The Bertz CT molecular complexity index is 447. The molecule has 1 N–H and O–H groups in total. The van der Waals surface area contributed by atoms with Gasteiger partial charge in [-0.2, -0.15) is 8.42 Å². The summed E-state index contributed by atoms with van der Waals surface area (Å²) in [6.07, 6.45) is 24.3. The van der Waals surface area contributed by atoms with Crippen molar-refractivity contribution in [3.8, 4) is 0 Å². The van der Waals surface area contributed by atoms with Crippen molar-refractivity contribution in [2.45, 2.75) is 142 Å². The fourth-order valence-corrected chi connectivity index (χ4v) is 4.85. The fraction of sp³-hybridized carbons (Fsp3) is 1.00. The minimum atomic E-state index is -3.34. The molecule has 0 amide bonds. The van der Waals surface area contributed by atoms with Crippen LogP contribution in [0, 0.1) is 0 Å². The van der Waals surface area contributed by atoms with Crippen LogP contribution >= 0.6 is 0 Å². The molecule has 0 saturated carbocycles. The van der Waals surface area contributed by atoms with E-state index in [1.54, 1.807) is 0 Å². The van der Waals surface area contributed by atoms with Crippen LogP contribution in [0.5, 0.6) is 0 Å². The lowest BCUT2D eigenvalue weighted by Gasteiger charge is -2.06. The van der Waals surface area contributed by atoms with Crippen LogP contribution in [0.25, 0.3) is 0 Å². The predicted molar refractivity (Wildman–Crippen MR) is 143 cm³/mol. The number of hydrogen-bond acceptors (Lipinski definition) is 4. The summed E-state index contributed by atoms with van der Waals surface area (Å²) in [6, 6.07) is 0. The quantitative estimate of drug-likeness (QED) is 0.102. The molecule has 0 unspecified atom stereocenters. The molecule has 0 aliphatic carbocycles. The van der Waals surface area contributed by atoms with E-state index in [-0.39, 0.29) is 12.4 Å². The Morgan fingerprint density at radius 3 is 1.30 bits per heavy atom. The Balaban J connectivity index is 0. The van der Waals surface area contributed by atoms with E-state index in [0.717, 1.165) is 44.9 Å². The van der Waals surface area contributed by atoms with Gasteiger partial charge in [-0.05, 0) is 33.4 Å². The molecule has 0 rings (SSSR count). The van der Waals surface area contributed by atoms with Crippen LogP contribution in [0.2, 0.25) is 0 Å². The van der Waals surface area contributed by atoms with E-state index in [1.807, 2.05) is 14.1 Å². The fourth-order valence-electron chi connectivity index (χ4n) is 3.80. The molecule has 0 aromatic rings. The first-order chi connectivity index (χ1) is 16.0. The van der Waals surface area contributed by atoms with E-state index in [4.69, 9.17) is 4.18 Å². The molecule has 0 bridgehead atoms. The summed E-state index contributed by atoms with van der Waals surface area (Å²) in [5.41, 5.74) is 0. The summed E-state index contributed by atoms with van der Waals surface area (Å²) in [5.74, 6) is 0.155. The molecular formula is C27H58FNO3S. The van der Waals surface area contributed by atoms with Gasteiger partial charge in [0.2, 0.25) is 0 Å². The molecule has 0 heterocycles. The lowest BCUT2D eigenvalue weighted by Crippen LogP contribution is -2.11. The number of alkyl halides is 1. The van der Waals surface area contributed by atoms with E-state index in [9.17, 15) is 12.8 Å². The van der Waals surface area contributed by atoms with Crippen LogP contribution in [-0.2, 0) is 14.3 Å². The van der Waals surface area contributed by atoms with E-state index in [2.05, 4.69) is 12.2 Å². The molecule has 0 radical (unpaired) electrons. The third-order valence-electron chi connectivity index (χ3n) is 5.79. The lowest BCUT2D eigenvalue weighted by atomic mass is 10.1. The van der Waals surface area contributed by atoms with Crippen molar-refractivity contribution in [3.05, 3.63) is 0 Å². The van der Waals surface area contributed by atoms with Gasteiger partial charge in [0, 0.05) is 0 Å². The van der Waals surface area contributed by atoms with Crippen molar-refractivity contribution < 1.29 is 17.0 Å². The van der Waals surface area contributed by atoms with Crippen LogP contribution < -0.4 is 5.32 Å². The van der Waals surface area contributed by atoms with Crippen LogP contribution in [0.15, 0.2) is 0 Å². The van der Waals surface area contributed by atoms with Gasteiger partial charge in [0.15, 0.2) is 0 Å². The molecule has 0 spiro atoms. The van der Waals surface area contributed by atoms with Crippen molar-refractivity contribution in [1.29, 1.82) is 0 Å². The van der Waals surface area contributed by atoms with Crippen LogP contribution in [0.4, 0.5) is 4.39 Å². The van der Waals surface area contributed by atoms with Gasteiger partial charge in [0.25, 0.3) is 10.1 Å². The largest absolute Gasteiger partial charge is 0.323 e. The Labute approximate surface area is 207 Å². The van der Waals surface area contributed by atoms with Crippen molar-refractivity contribution in [2.24, 2.45) is 0 Å². The second kappa shape index (κ2) is 29.8. The Morgan fingerprint density at radius 1 is 0.576 bits per heavy atom. The maximum Gasteiger partial charge on any atom is 0.267 e. The predicted octanol–water partition coefficient (Wildman–Crippen LogP) is 8.35. The maximum absolute atomic E-state index is 12.0. The number of halogens is 1. The van der Waals surface area contributed by atoms with Crippen LogP contribution in [-0.4, -0.2) is 41.5 Å². The second-order valence-electron chi connectivity index (χ2n) is 9.34. The average Bonchev–Trinajstić information content (AvgIpc) is 2.78. The van der Waals surface area contributed by atoms with E-state index < -0.39 is 10.1 Å². The van der Waals surface area contributed by atoms with Gasteiger partial charge in [-0.15, -0.1) is 0 Å². The standard InChI is InChI=1S/C25H51FO3S.C2H7N/c1-2-3-4-5-6-7-8-9-12-15-18-21-24-29-30(27,28)25-22-19-16-13-10-11-14-17-20-23-26;1-3-2/h2-25H2,1H3;3H,1-2H3. The van der Waals surface area contributed by atoms with E-state index in [0.29, 0.717) is 19.4 Å². The lowest BCUT2D eigenvalue weighted by molar-refractivity contribution is 0.305. The number of rotatable bonds is 25. The van der Waals surface area contributed by atoms with E-state index in [1.165, 1.54) is 77.0 Å². The van der Waals surface area contributed by atoms with Gasteiger partial charge in [0.1, 0.15) is 0 Å². The molecule has 0 saturated heterocycles. The first-order valence-corrected chi connectivity index (χ1v) is 15.6.